The van der Waals surface area contributed by atoms with Gasteiger partial charge in [0.2, 0.25) is 0 Å². The molecular weight excluding hydrogens is 251 g/mol. The van der Waals surface area contributed by atoms with Gasteiger partial charge in [0.1, 0.15) is 0 Å². The smallest absolute Gasteiger partial charge is 0.0430 e. The van der Waals surface area contributed by atoms with E-state index in [0.717, 1.165) is 25.7 Å². The zero-order valence-electron chi connectivity index (χ0n) is 10.2. The first-order valence-electron chi connectivity index (χ1n) is 5.07. The van der Waals surface area contributed by atoms with Crippen molar-refractivity contribution in [1.82, 2.24) is 0 Å². The molecular formula is C10H27ClO3Ti. The van der Waals surface area contributed by atoms with E-state index < -0.39 is 0 Å². The second kappa shape index (κ2) is 46.2. The molecule has 0 rings (SSSR count). The van der Waals surface area contributed by atoms with Gasteiger partial charge in [0, 0.05) is 41.5 Å². The third-order valence-electron chi connectivity index (χ3n) is 1.02. The van der Waals surface area contributed by atoms with Crippen molar-refractivity contribution in [2.75, 3.05) is 19.8 Å². The number of rotatable bonds is 4. The van der Waals surface area contributed by atoms with Gasteiger partial charge in [0.25, 0.3) is 0 Å². The molecule has 0 saturated carbocycles. The van der Waals surface area contributed by atoms with Gasteiger partial charge in [0.05, 0.1) is 0 Å². The molecule has 0 bridgehead atoms. The van der Waals surface area contributed by atoms with Crippen molar-refractivity contribution >= 4 is 12.4 Å². The molecule has 0 atom stereocenters. The van der Waals surface area contributed by atoms with E-state index >= 15 is 0 Å². The van der Waals surface area contributed by atoms with Crippen molar-refractivity contribution in [2.45, 2.75) is 46.5 Å². The minimum absolute atomic E-state index is 0. The third kappa shape index (κ3) is 104. The number of halogens is 1. The summed E-state index contributed by atoms with van der Waals surface area (Å²) in [5.74, 6) is 0. The first-order valence-corrected chi connectivity index (χ1v) is 5.07. The molecule has 0 saturated heterocycles. The van der Waals surface area contributed by atoms with Crippen LogP contribution >= 0.6 is 12.4 Å². The second-order valence-corrected chi connectivity index (χ2v) is 2.47. The SMILES string of the molecule is CCCCO.CCCCO.CCO.Cl.[Ti]. The molecule has 0 radical (unpaired) electrons. The van der Waals surface area contributed by atoms with Gasteiger partial charge < -0.3 is 15.3 Å². The van der Waals surface area contributed by atoms with Crippen LogP contribution in [0.1, 0.15) is 46.5 Å². The second-order valence-electron chi connectivity index (χ2n) is 2.47. The van der Waals surface area contributed by atoms with Crippen molar-refractivity contribution < 1.29 is 37.0 Å². The van der Waals surface area contributed by atoms with Crippen LogP contribution in [0.15, 0.2) is 0 Å². The molecule has 0 aliphatic rings. The predicted octanol–water partition coefficient (Wildman–Crippen LogP) is 1.98. The Labute approximate surface area is 116 Å². The monoisotopic (exact) mass is 278 g/mol. The molecule has 0 aromatic heterocycles. The van der Waals surface area contributed by atoms with E-state index in [1.165, 1.54) is 0 Å². The molecule has 0 aromatic rings. The maximum atomic E-state index is 8.07. The van der Waals surface area contributed by atoms with Gasteiger partial charge in [-0.05, 0) is 19.8 Å². The van der Waals surface area contributed by atoms with Crippen LogP contribution in [0, 0.1) is 0 Å². The van der Waals surface area contributed by atoms with Crippen LogP contribution in [-0.4, -0.2) is 35.1 Å². The van der Waals surface area contributed by atoms with Gasteiger partial charge in [-0.25, -0.2) is 0 Å². The summed E-state index contributed by atoms with van der Waals surface area (Å²) >= 11 is 0. The fourth-order valence-corrected chi connectivity index (χ4v) is 0.316. The van der Waals surface area contributed by atoms with E-state index in [1.54, 1.807) is 6.92 Å². The number of hydrogen-bond donors (Lipinski definition) is 3. The number of hydrogen-bond acceptors (Lipinski definition) is 3. The topological polar surface area (TPSA) is 60.7 Å². The Bertz CT molecular complexity index is 49.9. The van der Waals surface area contributed by atoms with Crippen LogP contribution in [-0.2, 0) is 21.7 Å². The summed E-state index contributed by atoms with van der Waals surface area (Å²) in [6.07, 6.45) is 4.08. The summed E-state index contributed by atoms with van der Waals surface area (Å²) in [4.78, 5) is 0. The summed E-state index contributed by atoms with van der Waals surface area (Å²) in [6.45, 7) is 6.72. The van der Waals surface area contributed by atoms with E-state index in [2.05, 4.69) is 13.8 Å². The minimum atomic E-state index is 0. The Balaban J connectivity index is -0.0000000322. The summed E-state index contributed by atoms with van der Waals surface area (Å²) in [6, 6.07) is 0. The molecule has 3 N–H and O–H groups in total. The first-order chi connectivity index (χ1) is 6.24. The zero-order valence-corrected chi connectivity index (χ0v) is 12.6. The Morgan fingerprint density at radius 1 is 0.733 bits per heavy atom. The van der Waals surface area contributed by atoms with E-state index in [0.29, 0.717) is 13.2 Å². The standard InChI is InChI=1S/2C4H10O.C2H6O.ClH.Ti/c2*1-2-3-4-5;1-2-3;;/h2*5H,2-4H2,1H3;3H,2H2,1H3;1H;. The third-order valence-corrected chi connectivity index (χ3v) is 1.02. The van der Waals surface area contributed by atoms with E-state index in [4.69, 9.17) is 15.3 Å². The molecule has 0 aliphatic carbocycles. The van der Waals surface area contributed by atoms with E-state index in [1.807, 2.05) is 0 Å². The average molecular weight is 279 g/mol. The van der Waals surface area contributed by atoms with Crippen LogP contribution in [0.4, 0.5) is 0 Å². The molecule has 5 heteroatoms. The van der Waals surface area contributed by atoms with Crippen molar-refractivity contribution in [1.29, 1.82) is 0 Å². The van der Waals surface area contributed by atoms with Gasteiger partial charge in [-0.3, -0.25) is 0 Å². The fraction of sp³-hybridized carbons (Fsp3) is 1.00. The van der Waals surface area contributed by atoms with E-state index in [9.17, 15) is 0 Å². The predicted molar refractivity (Wildman–Crippen MR) is 64.0 cm³/mol. The van der Waals surface area contributed by atoms with Gasteiger partial charge in [0.15, 0.2) is 0 Å². The minimum Gasteiger partial charge on any atom is -0.397 e. The molecule has 0 unspecified atom stereocenters. The molecule has 3 nitrogen and oxygen atoms in total. The summed E-state index contributed by atoms with van der Waals surface area (Å²) in [5.41, 5.74) is 0. The van der Waals surface area contributed by atoms with Crippen LogP contribution in [0.2, 0.25) is 0 Å². The Morgan fingerprint density at radius 2 is 0.933 bits per heavy atom. The Kier molecular flexibility index (Phi) is 91.4. The Hall–Kier alpha value is 0.884. The van der Waals surface area contributed by atoms with Crippen molar-refractivity contribution in [3.63, 3.8) is 0 Å². The maximum Gasteiger partial charge on any atom is 0.0430 e. The normalized spacial score (nSPS) is 6.80. The fourth-order valence-electron chi connectivity index (χ4n) is 0.316. The van der Waals surface area contributed by atoms with Gasteiger partial charge in [-0.15, -0.1) is 12.4 Å². The van der Waals surface area contributed by atoms with Crippen LogP contribution in [0.5, 0.6) is 0 Å². The van der Waals surface area contributed by atoms with Gasteiger partial charge in [-0.2, -0.15) is 0 Å². The molecule has 0 amide bonds. The summed E-state index contributed by atoms with van der Waals surface area (Å²) in [7, 11) is 0. The van der Waals surface area contributed by atoms with Crippen LogP contribution in [0.3, 0.4) is 0 Å². The quantitative estimate of drug-likeness (QED) is 0.689. The Morgan fingerprint density at radius 3 is 0.933 bits per heavy atom. The van der Waals surface area contributed by atoms with Crippen LogP contribution < -0.4 is 0 Å². The summed E-state index contributed by atoms with van der Waals surface area (Å²) in [5, 5.41) is 23.7. The molecule has 0 spiro atoms. The summed E-state index contributed by atoms with van der Waals surface area (Å²) < 4.78 is 0. The average Bonchev–Trinajstić information content (AvgIpc) is 2.09. The molecule has 0 fully saturated rings. The van der Waals surface area contributed by atoms with E-state index in [-0.39, 0.29) is 40.7 Å². The molecule has 0 aromatic carbocycles. The van der Waals surface area contributed by atoms with Gasteiger partial charge >= 0.3 is 0 Å². The number of aliphatic hydroxyl groups is 3. The zero-order chi connectivity index (χ0) is 10.9. The van der Waals surface area contributed by atoms with Gasteiger partial charge in [-0.1, -0.05) is 26.7 Å². The van der Waals surface area contributed by atoms with Crippen molar-refractivity contribution in [3.05, 3.63) is 0 Å². The molecule has 0 heterocycles. The van der Waals surface area contributed by atoms with Crippen LogP contribution in [0.25, 0.3) is 0 Å². The first kappa shape index (κ1) is 29.7. The molecule has 15 heavy (non-hydrogen) atoms. The number of aliphatic hydroxyl groups excluding tert-OH is 3. The largest absolute Gasteiger partial charge is 0.397 e. The van der Waals surface area contributed by atoms with Crippen molar-refractivity contribution in [2.24, 2.45) is 0 Å². The maximum absolute atomic E-state index is 8.07. The molecule has 0 aliphatic heterocycles. The number of unbranched alkanes of at least 4 members (excludes halogenated alkanes) is 2. The van der Waals surface area contributed by atoms with Crippen molar-refractivity contribution in [3.8, 4) is 0 Å². The molecule has 96 valence electrons.